The summed E-state index contributed by atoms with van der Waals surface area (Å²) in [6.07, 6.45) is 2.25. The van der Waals surface area contributed by atoms with Crippen molar-refractivity contribution >= 4 is 22.7 Å². The lowest BCUT2D eigenvalue weighted by atomic mass is 10.2. The summed E-state index contributed by atoms with van der Waals surface area (Å²) in [6.45, 7) is 3.48. The second kappa shape index (κ2) is 5.97. The second-order valence-corrected chi connectivity index (χ2v) is 6.13. The van der Waals surface area contributed by atoms with Gasteiger partial charge in [-0.2, -0.15) is 0 Å². The standard InChI is InChI=1S/C15H18N2O2S/c1-2-20-15-16-13-8-4-3-7-12(13)14(18)17(15)10-11-6-5-9-19-11/h3-4,7-8,11H,2,5-6,9-10H2,1H3/t11-/m0/s1. The minimum absolute atomic E-state index is 0.0436. The fraction of sp³-hybridized carbons (Fsp3) is 0.467. The smallest absolute Gasteiger partial charge is 0.262 e. The summed E-state index contributed by atoms with van der Waals surface area (Å²) in [7, 11) is 0. The van der Waals surface area contributed by atoms with Gasteiger partial charge in [0.05, 0.1) is 23.6 Å². The molecule has 1 fully saturated rings. The quantitative estimate of drug-likeness (QED) is 0.641. The van der Waals surface area contributed by atoms with E-state index in [4.69, 9.17) is 4.74 Å². The first-order valence-electron chi connectivity index (χ1n) is 7.03. The van der Waals surface area contributed by atoms with Gasteiger partial charge in [-0.05, 0) is 30.7 Å². The summed E-state index contributed by atoms with van der Waals surface area (Å²) >= 11 is 1.61. The maximum atomic E-state index is 12.7. The first kappa shape index (κ1) is 13.6. The number of para-hydroxylation sites is 1. The van der Waals surface area contributed by atoms with E-state index >= 15 is 0 Å². The zero-order valence-electron chi connectivity index (χ0n) is 11.5. The van der Waals surface area contributed by atoms with Crippen LogP contribution in [0.2, 0.25) is 0 Å². The van der Waals surface area contributed by atoms with E-state index in [2.05, 4.69) is 11.9 Å². The Balaban J connectivity index is 2.08. The molecule has 0 amide bonds. The summed E-state index contributed by atoms with van der Waals surface area (Å²) in [4.78, 5) is 17.3. The average Bonchev–Trinajstić information content (AvgIpc) is 2.96. The van der Waals surface area contributed by atoms with Gasteiger partial charge >= 0.3 is 0 Å². The van der Waals surface area contributed by atoms with Crippen molar-refractivity contribution in [3.63, 3.8) is 0 Å². The summed E-state index contributed by atoms with van der Waals surface area (Å²) < 4.78 is 7.44. The fourth-order valence-electron chi connectivity index (χ4n) is 2.54. The molecule has 106 valence electrons. The highest BCUT2D eigenvalue weighted by Crippen LogP contribution is 2.20. The maximum Gasteiger partial charge on any atom is 0.262 e. The molecule has 1 saturated heterocycles. The van der Waals surface area contributed by atoms with Crippen molar-refractivity contribution in [2.45, 2.75) is 37.6 Å². The van der Waals surface area contributed by atoms with E-state index in [1.165, 1.54) is 0 Å². The lowest BCUT2D eigenvalue weighted by molar-refractivity contribution is 0.0937. The molecule has 20 heavy (non-hydrogen) atoms. The van der Waals surface area contributed by atoms with Crippen LogP contribution < -0.4 is 5.56 Å². The third-order valence-electron chi connectivity index (χ3n) is 3.51. The van der Waals surface area contributed by atoms with E-state index in [1.54, 1.807) is 16.3 Å². The van der Waals surface area contributed by atoms with Gasteiger partial charge in [-0.15, -0.1) is 0 Å². The number of rotatable bonds is 4. The lowest BCUT2D eigenvalue weighted by Gasteiger charge is -2.16. The molecule has 2 aromatic rings. The number of hydrogen-bond donors (Lipinski definition) is 0. The molecule has 3 rings (SSSR count). The van der Waals surface area contributed by atoms with E-state index in [9.17, 15) is 4.79 Å². The Kier molecular flexibility index (Phi) is 4.08. The van der Waals surface area contributed by atoms with Crippen LogP contribution in [0, 0.1) is 0 Å². The Morgan fingerprint density at radius 2 is 2.30 bits per heavy atom. The van der Waals surface area contributed by atoms with Crippen LogP contribution in [0.25, 0.3) is 10.9 Å². The topological polar surface area (TPSA) is 44.1 Å². The first-order chi connectivity index (χ1) is 9.79. The van der Waals surface area contributed by atoms with Gasteiger partial charge in [-0.25, -0.2) is 4.98 Å². The Hall–Kier alpha value is -1.33. The number of hydrogen-bond acceptors (Lipinski definition) is 4. The molecule has 1 aromatic carbocycles. The van der Waals surface area contributed by atoms with Crippen LogP contribution in [0.15, 0.2) is 34.2 Å². The second-order valence-electron chi connectivity index (χ2n) is 4.90. The number of nitrogens with zero attached hydrogens (tertiary/aromatic N) is 2. The van der Waals surface area contributed by atoms with E-state index in [-0.39, 0.29) is 11.7 Å². The van der Waals surface area contributed by atoms with Gasteiger partial charge in [0, 0.05) is 6.61 Å². The molecule has 1 atom stereocenters. The van der Waals surface area contributed by atoms with Crippen molar-refractivity contribution < 1.29 is 4.74 Å². The Morgan fingerprint density at radius 1 is 1.45 bits per heavy atom. The van der Waals surface area contributed by atoms with Crippen molar-refractivity contribution in [1.82, 2.24) is 9.55 Å². The molecule has 0 radical (unpaired) electrons. The van der Waals surface area contributed by atoms with Crippen molar-refractivity contribution in [3.05, 3.63) is 34.6 Å². The van der Waals surface area contributed by atoms with Crippen LogP contribution in [-0.4, -0.2) is 28.0 Å². The molecule has 0 N–H and O–H groups in total. The van der Waals surface area contributed by atoms with Crippen LogP contribution in [0.5, 0.6) is 0 Å². The van der Waals surface area contributed by atoms with E-state index in [0.29, 0.717) is 11.9 Å². The molecule has 0 saturated carbocycles. The molecular weight excluding hydrogens is 272 g/mol. The Bertz CT molecular complexity index is 662. The van der Waals surface area contributed by atoms with E-state index in [1.807, 2.05) is 24.3 Å². The summed E-state index contributed by atoms with van der Waals surface area (Å²) in [6, 6.07) is 7.54. The molecule has 0 aliphatic carbocycles. The largest absolute Gasteiger partial charge is 0.376 e. The third-order valence-corrected chi connectivity index (χ3v) is 4.37. The van der Waals surface area contributed by atoms with Gasteiger partial charge in [-0.3, -0.25) is 9.36 Å². The number of fused-ring (bicyclic) bond motifs is 1. The highest BCUT2D eigenvalue weighted by Gasteiger charge is 2.19. The molecular formula is C15H18N2O2S. The number of aromatic nitrogens is 2. The van der Waals surface area contributed by atoms with Gasteiger partial charge in [0.1, 0.15) is 0 Å². The normalized spacial score (nSPS) is 18.8. The van der Waals surface area contributed by atoms with Crippen LogP contribution >= 0.6 is 11.8 Å². The van der Waals surface area contributed by atoms with Crippen LogP contribution in [-0.2, 0) is 11.3 Å². The van der Waals surface area contributed by atoms with Crippen molar-refractivity contribution in [1.29, 1.82) is 0 Å². The number of ether oxygens (including phenoxy) is 1. The highest BCUT2D eigenvalue weighted by atomic mass is 32.2. The zero-order chi connectivity index (χ0) is 13.9. The maximum absolute atomic E-state index is 12.7. The monoisotopic (exact) mass is 290 g/mol. The molecule has 0 spiro atoms. The summed E-state index contributed by atoms with van der Waals surface area (Å²) in [5.74, 6) is 0.899. The number of benzene rings is 1. The van der Waals surface area contributed by atoms with Gasteiger partial charge in [0.15, 0.2) is 5.16 Å². The predicted octanol–water partition coefficient (Wildman–Crippen LogP) is 2.69. The zero-order valence-corrected chi connectivity index (χ0v) is 12.4. The fourth-order valence-corrected chi connectivity index (χ4v) is 3.27. The SMILES string of the molecule is CCSc1nc2ccccc2c(=O)n1C[C@@H]1CCCO1. The minimum atomic E-state index is 0.0436. The molecule has 0 bridgehead atoms. The van der Waals surface area contributed by atoms with Crippen LogP contribution in [0.4, 0.5) is 0 Å². The first-order valence-corrected chi connectivity index (χ1v) is 8.02. The van der Waals surface area contributed by atoms with Crippen LogP contribution in [0.1, 0.15) is 19.8 Å². The average molecular weight is 290 g/mol. The van der Waals surface area contributed by atoms with E-state index in [0.717, 1.165) is 35.9 Å². The Labute approximate surface area is 122 Å². The molecule has 0 unspecified atom stereocenters. The summed E-state index contributed by atoms with van der Waals surface area (Å²) in [5.41, 5.74) is 0.819. The molecule has 2 heterocycles. The van der Waals surface area contributed by atoms with Crippen molar-refractivity contribution in [2.24, 2.45) is 0 Å². The van der Waals surface area contributed by atoms with Crippen molar-refractivity contribution in [2.75, 3.05) is 12.4 Å². The third kappa shape index (κ3) is 2.60. The minimum Gasteiger partial charge on any atom is -0.376 e. The molecule has 4 nitrogen and oxygen atoms in total. The molecule has 1 aromatic heterocycles. The van der Waals surface area contributed by atoms with Gasteiger partial charge in [0.2, 0.25) is 0 Å². The molecule has 5 heteroatoms. The van der Waals surface area contributed by atoms with E-state index < -0.39 is 0 Å². The van der Waals surface area contributed by atoms with Crippen LogP contribution in [0.3, 0.4) is 0 Å². The highest BCUT2D eigenvalue weighted by molar-refractivity contribution is 7.99. The van der Waals surface area contributed by atoms with Gasteiger partial charge in [0.25, 0.3) is 5.56 Å². The lowest BCUT2D eigenvalue weighted by Crippen LogP contribution is -2.28. The van der Waals surface area contributed by atoms with Gasteiger partial charge < -0.3 is 4.74 Å². The van der Waals surface area contributed by atoms with Gasteiger partial charge in [-0.1, -0.05) is 30.8 Å². The molecule has 1 aliphatic rings. The molecule has 1 aliphatic heterocycles. The summed E-state index contributed by atoms with van der Waals surface area (Å²) in [5, 5.41) is 1.48. The Morgan fingerprint density at radius 3 is 3.05 bits per heavy atom. The van der Waals surface area contributed by atoms with Crippen molar-refractivity contribution in [3.8, 4) is 0 Å². The predicted molar refractivity (Wildman–Crippen MR) is 81.4 cm³/mol. The number of thioether (sulfide) groups is 1.